The van der Waals surface area contributed by atoms with Gasteiger partial charge in [0.1, 0.15) is 11.3 Å². The number of morpholine rings is 1. The first-order valence-electron chi connectivity index (χ1n) is 10.4. The number of pyridine rings is 3. The molecule has 5 heterocycles. The van der Waals surface area contributed by atoms with Gasteiger partial charge in [-0.3, -0.25) is 9.67 Å². The lowest BCUT2D eigenvalue weighted by Crippen LogP contribution is -2.45. The highest BCUT2D eigenvalue weighted by molar-refractivity contribution is 5.78. The predicted molar refractivity (Wildman–Crippen MR) is 121 cm³/mol. The number of aryl methyl sites for hydroxylation is 1. The van der Waals surface area contributed by atoms with Gasteiger partial charge in [-0.2, -0.15) is 5.10 Å². The lowest BCUT2D eigenvalue weighted by Gasteiger charge is -2.36. The normalized spacial score (nSPS) is 19.0. The minimum absolute atomic E-state index is 0.198. The number of rotatable bonds is 4. The van der Waals surface area contributed by atoms with Crippen molar-refractivity contribution in [3.63, 3.8) is 0 Å². The number of nitrogens with zero attached hydrogens (tertiary/aromatic N) is 6. The molecule has 0 radical (unpaired) electrons. The molecule has 4 aromatic heterocycles. The second kappa shape index (κ2) is 7.96. The first-order chi connectivity index (χ1) is 15.0. The zero-order valence-corrected chi connectivity index (χ0v) is 17.9. The van der Waals surface area contributed by atoms with Crippen LogP contribution in [0, 0.1) is 0 Å². The zero-order valence-electron chi connectivity index (χ0n) is 17.9. The first-order valence-corrected chi connectivity index (χ1v) is 10.4. The second-order valence-corrected chi connectivity index (χ2v) is 8.02. The standard InChI is InChI=1S/C23H25N7O/c1-15-13-30(14-16(2)31-15)19-9-18(10-24-11-19)27-23-8-17(6-7-25-23)20-4-5-22-21(28-20)12-26-29(22)3/h4-12,15-16H,13-14H2,1-3H3,(H,25,27)/t15-,16+. The van der Waals surface area contributed by atoms with Gasteiger partial charge in [-0.1, -0.05) is 0 Å². The Hall–Kier alpha value is -3.52. The highest BCUT2D eigenvalue weighted by Crippen LogP contribution is 2.26. The van der Waals surface area contributed by atoms with Crippen LogP contribution in [-0.4, -0.2) is 50.0 Å². The summed E-state index contributed by atoms with van der Waals surface area (Å²) in [6.45, 7) is 5.91. The highest BCUT2D eigenvalue weighted by Gasteiger charge is 2.22. The summed E-state index contributed by atoms with van der Waals surface area (Å²) in [5, 5.41) is 7.65. The number of ether oxygens (including phenoxy) is 1. The summed E-state index contributed by atoms with van der Waals surface area (Å²) in [6, 6.07) is 10.1. The topological polar surface area (TPSA) is 81.0 Å². The molecule has 0 spiro atoms. The summed E-state index contributed by atoms with van der Waals surface area (Å²) < 4.78 is 7.67. The Balaban J connectivity index is 1.38. The molecule has 8 nitrogen and oxygen atoms in total. The number of fused-ring (bicyclic) bond motifs is 1. The third-order valence-corrected chi connectivity index (χ3v) is 5.44. The molecule has 1 fully saturated rings. The Morgan fingerprint density at radius 2 is 1.87 bits per heavy atom. The molecule has 158 valence electrons. The van der Waals surface area contributed by atoms with E-state index in [4.69, 9.17) is 9.72 Å². The van der Waals surface area contributed by atoms with E-state index >= 15 is 0 Å². The van der Waals surface area contributed by atoms with Crippen molar-refractivity contribution in [2.45, 2.75) is 26.1 Å². The number of anilines is 3. The molecule has 0 unspecified atom stereocenters. The van der Waals surface area contributed by atoms with E-state index in [1.807, 2.05) is 48.4 Å². The van der Waals surface area contributed by atoms with Gasteiger partial charge in [0, 0.05) is 31.9 Å². The molecule has 1 aliphatic rings. The van der Waals surface area contributed by atoms with Crippen molar-refractivity contribution in [1.82, 2.24) is 24.7 Å². The van der Waals surface area contributed by atoms with Crippen molar-refractivity contribution >= 4 is 28.2 Å². The molecule has 1 N–H and O–H groups in total. The van der Waals surface area contributed by atoms with Crippen LogP contribution >= 0.6 is 0 Å². The fourth-order valence-electron chi connectivity index (χ4n) is 4.06. The van der Waals surface area contributed by atoms with Crippen LogP contribution in [0.15, 0.2) is 55.1 Å². The number of hydrogen-bond acceptors (Lipinski definition) is 7. The molecule has 0 saturated carbocycles. The molecular formula is C23H25N7O. The van der Waals surface area contributed by atoms with Crippen molar-refractivity contribution in [3.8, 4) is 11.3 Å². The van der Waals surface area contributed by atoms with E-state index in [2.05, 4.69) is 45.2 Å². The molecule has 31 heavy (non-hydrogen) atoms. The third kappa shape index (κ3) is 4.06. The summed E-state index contributed by atoms with van der Waals surface area (Å²) in [4.78, 5) is 16.0. The fourth-order valence-corrected chi connectivity index (χ4v) is 4.06. The van der Waals surface area contributed by atoms with Crippen LogP contribution in [0.5, 0.6) is 0 Å². The molecule has 0 bridgehead atoms. The Bertz CT molecular complexity index is 1210. The van der Waals surface area contributed by atoms with E-state index < -0.39 is 0 Å². The van der Waals surface area contributed by atoms with Crippen LogP contribution < -0.4 is 10.2 Å². The molecule has 4 aromatic rings. The minimum atomic E-state index is 0.198. The lowest BCUT2D eigenvalue weighted by molar-refractivity contribution is -0.00523. The van der Waals surface area contributed by atoms with Gasteiger partial charge in [0.25, 0.3) is 0 Å². The van der Waals surface area contributed by atoms with Gasteiger partial charge in [-0.05, 0) is 44.2 Å². The van der Waals surface area contributed by atoms with E-state index in [1.165, 1.54) is 0 Å². The van der Waals surface area contributed by atoms with Crippen LogP contribution in [0.25, 0.3) is 22.3 Å². The SMILES string of the molecule is C[C@@H]1CN(c2cncc(Nc3cc(-c4ccc5c(cnn5C)n4)ccn3)c2)C[C@H](C)O1. The van der Waals surface area contributed by atoms with Crippen LogP contribution in [-0.2, 0) is 11.8 Å². The average molecular weight is 416 g/mol. The van der Waals surface area contributed by atoms with Gasteiger partial charge in [0.2, 0.25) is 0 Å². The molecule has 5 rings (SSSR count). The third-order valence-electron chi connectivity index (χ3n) is 5.44. The summed E-state index contributed by atoms with van der Waals surface area (Å²) >= 11 is 0. The van der Waals surface area contributed by atoms with Gasteiger partial charge in [0.05, 0.1) is 53.4 Å². The van der Waals surface area contributed by atoms with Gasteiger partial charge < -0.3 is 15.0 Å². The van der Waals surface area contributed by atoms with Gasteiger partial charge in [0.15, 0.2) is 0 Å². The molecule has 1 aliphatic heterocycles. The number of hydrogen-bond donors (Lipinski definition) is 1. The van der Waals surface area contributed by atoms with E-state index in [0.717, 1.165) is 52.6 Å². The molecule has 0 aliphatic carbocycles. The Morgan fingerprint density at radius 1 is 1.03 bits per heavy atom. The lowest BCUT2D eigenvalue weighted by atomic mass is 10.1. The fraction of sp³-hybridized carbons (Fsp3) is 0.304. The summed E-state index contributed by atoms with van der Waals surface area (Å²) in [7, 11) is 1.92. The summed E-state index contributed by atoms with van der Waals surface area (Å²) in [5.41, 5.74) is 5.72. The largest absolute Gasteiger partial charge is 0.372 e. The molecule has 0 aromatic carbocycles. The van der Waals surface area contributed by atoms with Crippen LogP contribution in [0.4, 0.5) is 17.2 Å². The van der Waals surface area contributed by atoms with Gasteiger partial charge in [-0.15, -0.1) is 0 Å². The Kier molecular flexibility index (Phi) is 4.99. The number of nitrogens with one attached hydrogen (secondary N) is 1. The van der Waals surface area contributed by atoms with Crippen molar-refractivity contribution in [2.75, 3.05) is 23.3 Å². The monoisotopic (exact) mass is 415 g/mol. The Morgan fingerprint density at radius 3 is 2.71 bits per heavy atom. The van der Waals surface area contributed by atoms with E-state index in [-0.39, 0.29) is 12.2 Å². The smallest absolute Gasteiger partial charge is 0.130 e. The maximum atomic E-state index is 5.85. The maximum absolute atomic E-state index is 5.85. The Labute approximate surface area is 180 Å². The van der Waals surface area contributed by atoms with Crippen molar-refractivity contribution in [3.05, 3.63) is 55.1 Å². The maximum Gasteiger partial charge on any atom is 0.130 e. The summed E-state index contributed by atoms with van der Waals surface area (Å²) in [6.07, 6.45) is 7.67. The van der Waals surface area contributed by atoms with Crippen molar-refractivity contribution in [1.29, 1.82) is 0 Å². The highest BCUT2D eigenvalue weighted by atomic mass is 16.5. The molecule has 1 saturated heterocycles. The molecule has 0 amide bonds. The quantitative estimate of drug-likeness (QED) is 0.543. The first kappa shape index (κ1) is 19.4. The molecule has 2 atom stereocenters. The van der Waals surface area contributed by atoms with E-state index in [0.29, 0.717) is 0 Å². The average Bonchev–Trinajstić information content (AvgIpc) is 3.14. The molecular weight excluding hydrogens is 390 g/mol. The van der Waals surface area contributed by atoms with Crippen molar-refractivity contribution < 1.29 is 4.74 Å². The van der Waals surface area contributed by atoms with E-state index in [9.17, 15) is 0 Å². The van der Waals surface area contributed by atoms with Gasteiger partial charge >= 0.3 is 0 Å². The summed E-state index contributed by atoms with van der Waals surface area (Å²) in [5.74, 6) is 0.744. The minimum Gasteiger partial charge on any atom is -0.372 e. The van der Waals surface area contributed by atoms with E-state index in [1.54, 1.807) is 12.4 Å². The predicted octanol–water partition coefficient (Wildman–Crippen LogP) is 3.78. The zero-order chi connectivity index (χ0) is 21.4. The second-order valence-electron chi connectivity index (χ2n) is 8.02. The van der Waals surface area contributed by atoms with Crippen molar-refractivity contribution in [2.24, 2.45) is 7.05 Å². The van der Waals surface area contributed by atoms with Gasteiger partial charge in [-0.25, -0.2) is 9.97 Å². The number of aromatic nitrogens is 5. The molecule has 8 heteroatoms. The van der Waals surface area contributed by atoms with Crippen LogP contribution in [0.3, 0.4) is 0 Å². The van der Waals surface area contributed by atoms with Crippen LogP contribution in [0.1, 0.15) is 13.8 Å². The van der Waals surface area contributed by atoms with Crippen LogP contribution in [0.2, 0.25) is 0 Å².